The average Bonchev–Trinajstić information content (AvgIpc) is 2.64. The van der Waals surface area contributed by atoms with Gasteiger partial charge in [0.05, 0.1) is 5.60 Å². The van der Waals surface area contributed by atoms with Crippen molar-refractivity contribution in [2.45, 2.75) is 91.5 Å². The molecule has 164 valence electrons. The standard InChI is InChI=1S/C27H40O2Si/c1-20(22-14-10-15-24-25(28)16-11-19-27(22,24)4)17-18-21-12-8-9-13-23(21)26(2,3)29-30(5,6)7/h8-9,12-13,20,22,24H,10-11,14-16,19H2,1-7H3/t20-,22-,24+,27-/m1/s1. The molecule has 0 spiro atoms. The van der Waals surface area contributed by atoms with Crippen LogP contribution in [0.5, 0.6) is 0 Å². The highest BCUT2D eigenvalue weighted by atomic mass is 28.4. The highest BCUT2D eigenvalue weighted by Gasteiger charge is 2.49. The number of carbonyl (C=O) groups excluding carboxylic acids is 1. The SMILES string of the molecule is C[C@H](C#Cc1ccccc1C(C)(C)O[Si](C)(C)C)[C@H]1CCC[C@H]2C(=O)CCC[C@]12C. The van der Waals surface area contributed by atoms with E-state index in [4.69, 9.17) is 4.43 Å². The van der Waals surface area contributed by atoms with Crippen LogP contribution in [0.2, 0.25) is 19.6 Å². The third-order valence-electron chi connectivity index (χ3n) is 7.35. The van der Waals surface area contributed by atoms with Gasteiger partial charge in [-0.15, -0.1) is 0 Å². The van der Waals surface area contributed by atoms with E-state index in [2.05, 4.69) is 83.4 Å². The summed E-state index contributed by atoms with van der Waals surface area (Å²) in [6.45, 7) is 15.7. The Hall–Kier alpha value is -1.37. The molecule has 0 N–H and O–H groups in total. The molecule has 3 rings (SSSR count). The maximum Gasteiger partial charge on any atom is 0.184 e. The maximum absolute atomic E-state index is 12.6. The number of hydrogen-bond acceptors (Lipinski definition) is 2. The summed E-state index contributed by atoms with van der Waals surface area (Å²) in [6.07, 6.45) is 6.45. The molecular formula is C27H40O2Si. The van der Waals surface area contributed by atoms with Crippen molar-refractivity contribution in [3.05, 3.63) is 35.4 Å². The van der Waals surface area contributed by atoms with Gasteiger partial charge in [-0.2, -0.15) is 0 Å². The minimum atomic E-state index is -1.69. The predicted octanol–water partition coefficient (Wildman–Crippen LogP) is 6.94. The van der Waals surface area contributed by atoms with Crippen LogP contribution in [0, 0.1) is 35.0 Å². The molecular weight excluding hydrogens is 384 g/mol. The molecule has 0 saturated heterocycles. The molecule has 4 atom stereocenters. The zero-order valence-electron chi connectivity index (χ0n) is 20.1. The first-order chi connectivity index (χ1) is 13.9. The van der Waals surface area contributed by atoms with Crippen LogP contribution in [0.25, 0.3) is 0 Å². The second-order valence-corrected chi connectivity index (χ2v) is 15.7. The topological polar surface area (TPSA) is 26.3 Å². The summed E-state index contributed by atoms with van der Waals surface area (Å²) in [5, 5.41) is 0. The van der Waals surface area contributed by atoms with E-state index < -0.39 is 8.32 Å². The van der Waals surface area contributed by atoms with E-state index in [9.17, 15) is 4.79 Å². The summed E-state index contributed by atoms with van der Waals surface area (Å²) >= 11 is 0. The molecule has 0 aromatic heterocycles. The Morgan fingerprint density at radius 1 is 1.17 bits per heavy atom. The summed E-state index contributed by atoms with van der Waals surface area (Å²) in [6, 6.07) is 8.44. The molecule has 0 aliphatic heterocycles. The number of carbonyl (C=O) groups is 1. The molecule has 0 radical (unpaired) electrons. The quantitative estimate of drug-likeness (QED) is 0.387. The van der Waals surface area contributed by atoms with Gasteiger partial charge in [0, 0.05) is 23.8 Å². The van der Waals surface area contributed by atoms with E-state index in [-0.39, 0.29) is 22.9 Å². The molecule has 2 saturated carbocycles. The van der Waals surface area contributed by atoms with Crippen molar-refractivity contribution in [3.8, 4) is 11.8 Å². The Morgan fingerprint density at radius 3 is 2.57 bits per heavy atom. The molecule has 0 amide bonds. The normalized spacial score (nSPS) is 28.3. The molecule has 3 heteroatoms. The van der Waals surface area contributed by atoms with Crippen molar-refractivity contribution in [3.63, 3.8) is 0 Å². The third kappa shape index (κ3) is 4.92. The number of ketones is 1. The minimum absolute atomic E-state index is 0.126. The Labute approximate surface area is 185 Å². The van der Waals surface area contributed by atoms with Gasteiger partial charge in [-0.05, 0) is 82.1 Å². The first-order valence-electron chi connectivity index (χ1n) is 11.8. The number of fused-ring (bicyclic) bond motifs is 1. The van der Waals surface area contributed by atoms with Crippen LogP contribution in [0.3, 0.4) is 0 Å². The molecule has 0 unspecified atom stereocenters. The van der Waals surface area contributed by atoms with E-state index in [0.29, 0.717) is 11.7 Å². The molecule has 2 fully saturated rings. The number of rotatable bonds is 4. The number of benzene rings is 1. The zero-order chi connectivity index (χ0) is 22.2. The van der Waals surface area contributed by atoms with Crippen molar-refractivity contribution in [2.75, 3.05) is 0 Å². The van der Waals surface area contributed by atoms with Gasteiger partial charge < -0.3 is 4.43 Å². The summed E-state index contributed by atoms with van der Waals surface area (Å²) < 4.78 is 6.51. The monoisotopic (exact) mass is 424 g/mol. The Kier molecular flexibility index (Phi) is 6.70. The van der Waals surface area contributed by atoms with Crippen molar-refractivity contribution in [1.82, 2.24) is 0 Å². The highest BCUT2D eigenvalue weighted by Crippen LogP contribution is 2.54. The lowest BCUT2D eigenvalue weighted by molar-refractivity contribution is -0.136. The summed E-state index contributed by atoms with van der Waals surface area (Å²) in [4.78, 5) is 12.6. The van der Waals surface area contributed by atoms with Crippen molar-refractivity contribution in [2.24, 2.45) is 23.2 Å². The average molecular weight is 425 g/mol. The van der Waals surface area contributed by atoms with Gasteiger partial charge in [-0.25, -0.2) is 0 Å². The molecule has 2 aliphatic carbocycles. The molecule has 0 bridgehead atoms. The van der Waals surface area contributed by atoms with E-state index in [1.54, 1.807) is 0 Å². The molecule has 1 aromatic rings. The largest absolute Gasteiger partial charge is 0.409 e. The number of Topliss-reactive ketones (excluding diaryl/α,β-unsaturated/α-hetero) is 1. The first kappa shape index (κ1) is 23.3. The van der Waals surface area contributed by atoms with Gasteiger partial charge in [0.15, 0.2) is 8.32 Å². The van der Waals surface area contributed by atoms with Crippen LogP contribution < -0.4 is 0 Å². The van der Waals surface area contributed by atoms with E-state index in [1.807, 2.05) is 0 Å². The van der Waals surface area contributed by atoms with Crippen LogP contribution in [0.4, 0.5) is 0 Å². The lowest BCUT2D eigenvalue weighted by Gasteiger charge is -2.51. The highest BCUT2D eigenvalue weighted by molar-refractivity contribution is 6.69. The number of hydrogen-bond donors (Lipinski definition) is 0. The molecule has 30 heavy (non-hydrogen) atoms. The lowest BCUT2D eigenvalue weighted by atomic mass is 9.53. The van der Waals surface area contributed by atoms with Gasteiger partial charge in [-0.3, -0.25) is 4.79 Å². The van der Waals surface area contributed by atoms with Crippen LogP contribution >= 0.6 is 0 Å². The fraction of sp³-hybridized carbons (Fsp3) is 0.667. The molecule has 2 aliphatic rings. The molecule has 2 nitrogen and oxygen atoms in total. The molecule has 1 aromatic carbocycles. The van der Waals surface area contributed by atoms with Gasteiger partial charge in [-0.1, -0.05) is 50.3 Å². The Balaban J connectivity index is 1.87. The fourth-order valence-corrected chi connectivity index (χ4v) is 7.86. The van der Waals surface area contributed by atoms with E-state index in [0.717, 1.165) is 31.2 Å². The van der Waals surface area contributed by atoms with E-state index >= 15 is 0 Å². The fourth-order valence-electron chi connectivity index (χ4n) is 6.22. The van der Waals surface area contributed by atoms with Crippen molar-refractivity contribution >= 4 is 14.1 Å². The van der Waals surface area contributed by atoms with E-state index in [1.165, 1.54) is 18.4 Å². The predicted molar refractivity (Wildman–Crippen MR) is 128 cm³/mol. The van der Waals surface area contributed by atoms with Crippen LogP contribution in [-0.2, 0) is 14.8 Å². The van der Waals surface area contributed by atoms with Gasteiger partial charge >= 0.3 is 0 Å². The van der Waals surface area contributed by atoms with Crippen LogP contribution in [0.1, 0.15) is 77.3 Å². The Bertz CT molecular complexity index is 838. The third-order valence-corrected chi connectivity index (χ3v) is 8.48. The zero-order valence-corrected chi connectivity index (χ0v) is 21.1. The second kappa shape index (κ2) is 8.64. The van der Waals surface area contributed by atoms with Gasteiger partial charge in [0.1, 0.15) is 5.78 Å². The van der Waals surface area contributed by atoms with Gasteiger partial charge in [0.2, 0.25) is 0 Å². The minimum Gasteiger partial charge on any atom is -0.409 e. The first-order valence-corrected chi connectivity index (χ1v) is 15.2. The summed E-state index contributed by atoms with van der Waals surface area (Å²) in [5.41, 5.74) is 2.02. The second-order valence-electron chi connectivity index (χ2n) is 11.2. The Morgan fingerprint density at radius 2 is 1.87 bits per heavy atom. The smallest absolute Gasteiger partial charge is 0.184 e. The van der Waals surface area contributed by atoms with Crippen molar-refractivity contribution < 1.29 is 9.22 Å². The molecule has 0 heterocycles. The van der Waals surface area contributed by atoms with Crippen molar-refractivity contribution in [1.29, 1.82) is 0 Å². The lowest BCUT2D eigenvalue weighted by Crippen LogP contribution is -2.47. The maximum atomic E-state index is 12.6. The summed E-state index contributed by atoms with van der Waals surface area (Å²) in [7, 11) is -1.69. The van der Waals surface area contributed by atoms with Crippen LogP contribution in [0.15, 0.2) is 24.3 Å². The summed E-state index contributed by atoms with van der Waals surface area (Å²) in [5.74, 6) is 8.69. The van der Waals surface area contributed by atoms with Gasteiger partial charge in [0.25, 0.3) is 0 Å². The van der Waals surface area contributed by atoms with Crippen LogP contribution in [-0.4, -0.2) is 14.1 Å².